The molecule has 1 unspecified atom stereocenters. The van der Waals surface area contributed by atoms with Crippen molar-refractivity contribution in [1.82, 2.24) is 15.2 Å². The van der Waals surface area contributed by atoms with Gasteiger partial charge in [-0.2, -0.15) is 0 Å². The van der Waals surface area contributed by atoms with Crippen LogP contribution in [0.25, 0.3) is 0 Å². The number of guanidine groups is 1. The molecule has 1 N–H and O–H groups in total. The fraction of sp³-hybridized carbons (Fsp3) is 0.474. The van der Waals surface area contributed by atoms with E-state index in [2.05, 4.69) is 57.4 Å². The number of thiazole rings is 1. The monoisotopic (exact) mass is 470 g/mol. The quantitative estimate of drug-likeness (QED) is 0.409. The summed E-state index contributed by atoms with van der Waals surface area (Å²) in [6.45, 7) is 5.17. The minimum Gasteiger partial charge on any atom is -0.356 e. The third-order valence-corrected chi connectivity index (χ3v) is 5.74. The van der Waals surface area contributed by atoms with E-state index in [-0.39, 0.29) is 24.0 Å². The Hall–Kier alpha value is -1.15. The van der Waals surface area contributed by atoms with Gasteiger partial charge in [0.2, 0.25) is 0 Å². The first-order valence-electron chi connectivity index (χ1n) is 8.74. The van der Waals surface area contributed by atoms with E-state index in [1.165, 1.54) is 21.9 Å². The van der Waals surface area contributed by atoms with Crippen molar-refractivity contribution in [2.24, 2.45) is 4.99 Å². The number of halogens is 1. The van der Waals surface area contributed by atoms with E-state index in [1.54, 1.807) is 0 Å². The molecule has 1 aromatic heterocycles. The zero-order valence-electron chi connectivity index (χ0n) is 14.9. The zero-order valence-corrected chi connectivity index (χ0v) is 18.1. The first kappa shape index (κ1) is 20.2. The van der Waals surface area contributed by atoms with Gasteiger partial charge in [0.25, 0.3) is 0 Å². The summed E-state index contributed by atoms with van der Waals surface area (Å²) in [5, 5.41) is 4.71. The second kappa shape index (κ2) is 10.1. The number of hydrogen-bond donors (Lipinski definition) is 1. The van der Waals surface area contributed by atoms with Gasteiger partial charge in [-0.15, -0.1) is 35.3 Å². The average Bonchev–Trinajstić information content (AvgIpc) is 3.29. The van der Waals surface area contributed by atoms with E-state index in [4.69, 9.17) is 0 Å². The van der Waals surface area contributed by atoms with Crippen LogP contribution < -0.4 is 5.32 Å². The van der Waals surface area contributed by atoms with Gasteiger partial charge in [0.1, 0.15) is 0 Å². The van der Waals surface area contributed by atoms with Gasteiger partial charge in [0, 0.05) is 50.1 Å². The highest BCUT2D eigenvalue weighted by atomic mass is 127. The number of aliphatic imine (C=N–C) groups is 1. The smallest absolute Gasteiger partial charge is 0.193 e. The summed E-state index contributed by atoms with van der Waals surface area (Å²) in [4.78, 5) is 12.7. The molecule has 25 heavy (non-hydrogen) atoms. The zero-order chi connectivity index (χ0) is 16.8. The summed E-state index contributed by atoms with van der Waals surface area (Å²) < 4.78 is 0. The normalized spacial score (nSPS) is 17.4. The van der Waals surface area contributed by atoms with Crippen LogP contribution in [0.5, 0.6) is 0 Å². The molecular formula is C19H27IN4S. The molecule has 0 amide bonds. The van der Waals surface area contributed by atoms with Crippen LogP contribution in [-0.2, 0) is 12.8 Å². The number of likely N-dealkylation sites (tertiary alicyclic amines) is 1. The lowest BCUT2D eigenvalue weighted by molar-refractivity contribution is 0.486. The summed E-state index contributed by atoms with van der Waals surface area (Å²) >= 11 is 1.82. The second-order valence-electron chi connectivity index (χ2n) is 6.14. The van der Waals surface area contributed by atoms with E-state index in [0.717, 1.165) is 38.4 Å². The van der Waals surface area contributed by atoms with Crippen LogP contribution in [0, 0.1) is 0 Å². The average molecular weight is 470 g/mol. The van der Waals surface area contributed by atoms with Gasteiger partial charge in [-0.1, -0.05) is 37.3 Å². The molecule has 2 heterocycles. The number of aromatic nitrogens is 1. The van der Waals surface area contributed by atoms with Crippen LogP contribution >= 0.6 is 35.3 Å². The van der Waals surface area contributed by atoms with E-state index < -0.39 is 0 Å². The Morgan fingerprint density at radius 1 is 1.36 bits per heavy atom. The van der Waals surface area contributed by atoms with Crippen LogP contribution in [0.15, 0.2) is 41.5 Å². The molecule has 1 aromatic carbocycles. The molecule has 6 heteroatoms. The van der Waals surface area contributed by atoms with Gasteiger partial charge in [-0.05, 0) is 18.4 Å². The number of rotatable bonds is 5. The maximum atomic E-state index is 4.48. The molecule has 3 rings (SSSR count). The van der Waals surface area contributed by atoms with Crippen molar-refractivity contribution in [3.05, 3.63) is 52.0 Å². The fourth-order valence-electron chi connectivity index (χ4n) is 3.19. The van der Waals surface area contributed by atoms with Crippen LogP contribution in [0.2, 0.25) is 0 Å². The molecule has 2 aromatic rings. The minimum absolute atomic E-state index is 0. The maximum Gasteiger partial charge on any atom is 0.193 e. The van der Waals surface area contributed by atoms with Crippen LogP contribution in [0.3, 0.4) is 0 Å². The molecule has 0 radical (unpaired) electrons. The molecule has 0 spiro atoms. The van der Waals surface area contributed by atoms with Crippen molar-refractivity contribution in [3.8, 4) is 0 Å². The van der Waals surface area contributed by atoms with Gasteiger partial charge in [-0.3, -0.25) is 4.99 Å². The minimum atomic E-state index is 0. The van der Waals surface area contributed by atoms with Crippen LogP contribution in [0.4, 0.5) is 0 Å². The second-order valence-corrected chi connectivity index (χ2v) is 7.34. The lowest BCUT2D eigenvalue weighted by Crippen LogP contribution is -2.40. The van der Waals surface area contributed by atoms with Crippen molar-refractivity contribution < 1.29 is 0 Å². The highest BCUT2D eigenvalue weighted by Crippen LogP contribution is 2.26. The number of nitrogens with zero attached hydrogens (tertiary/aromatic N) is 3. The first-order chi connectivity index (χ1) is 11.8. The Balaban J connectivity index is 0.00000225. The summed E-state index contributed by atoms with van der Waals surface area (Å²) in [5.41, 5.74) is 1.44. The number of aryl methyl sites for hydroxylation is 1. The van der Waals surface area contributed by atoms with E-state index >= 15 is 0 Å². The SMILES string of the molecule is CCc1cnc(CCNC(=NC)N2CCC(c3ccccc3)C2)s1.I. The van der Waals surface area contributed by atoms with Gasteiger partial charge in [0.15, 0.2) is 5.96 Å². The molecule has 0 aliphatic carbocycles. The molecular weight excluding hydrogens is 443 g/mol. The third-order valence-electron chi connectivity index (χ3n) is 4.54. The molecule has 1 fully saturated rings. The van der Waals surface area contributed by atoms with Crippen molar-refractivity contribution in [1.29, 1.82) is 0 Å². The Morgan fingerprint density at radius 2 is 2.16 bits per heavy atom. The Labute approximate surface area is 171 Å². The Kier molecular flexibility index (Phi) is 8.15. The van der Waals surface area contributed by atoms with Crippen molar-refractivity contribution in [2.75, 3.05) is 26.7 Å². The largest absolute Gasteiger partial charge is 0.356 e. The van der Waals surface area contributed by atoms with Gasteiger partial charge < -0.3 is 10.2 Å². The van der Waals surface area contributed by atoms with Crippen LogP contribution in [0.1, 0.15) is 34.7 Å². The number of hydrogen-bond acceptors (Lipinski definition) is 3. The Bertz CT molecular complexity index is 671. The van der Waals surface area contributed by atoms with Crippen molar-refractivity contribution in [2.45, 2.75) is 32.1 Å². The van der Waals surface area contributed by atoms with E-state index in [0.29, 0.717) is 5.92 Å². The predicted molar refractivity (Wildman–Crippen MR) is 117 cm³/mol. The molecule has 136 valence electrons. The summed E-state index contributed by atoms with van der Waals surface area (Å²) in [6.07, 6.45) is 5.22. The third kappa shape index (κ3) is 5.41. The standard InChI is InChI=1S/C19H26N4S.HI/c1-3-17-13-22-18(24-17)9-11-21-19(20-2)23-12-10-16(14-23)15-7-5-4-6-8-15;/h4-8,13,16H,3,9-12,14H2,1-2H3,(H,20,21);1H. The summed E-state index contributed by atoms with van der Waals surface area (Å²) in [5.74, 6) is 1.62. The first-order valence-corrected chi connectivity index (χ1v) is 9.56. The number of nitrogens with one attached hydrogen (secondary N) is 1. The molecule has 0 saturated carbocycles. The van der Waals surface area contributed by atoms with Crippen molar-refractivity contribution >= 4 is 41.3 Å². The topological polar surface area (TPSA) is 40.5 Å². The summed E-state index contributed by atoms with van der Waals surface area (Å²) in [6, 6.07) is 10.8. The van der Waals surface area contributed by atoms with E-state index in [9.17, 15) is 0 Å². The molecule has 1 saturated heterocycles. The summed E-state index contributed by atoms with van der Waals surface area (Å²) in [7, 11) is 1.87. The molecule has 1 aliphatic rings. The lowest BCUT2D eigenvalue weighted by Gasteiger charge is -2.21. The Morgan fingerprint density at radius 3 is 2.84 bits per heavy atom. The molecule has 1 atom stereocenters. The highest BCUT2D eigenvalue weighted by Gasteiger charge is 2.25. The molecule has 1 aliphatic heterocycles. The van der Waals surface area contributed by atoms with E-state index in [1.807, 2.05) is 24.6 Å². The highest BCUT2D eigenvalue weighted by molar-refractivity contribution is 14.0. The maximum absolute atomic E-state index is 4.48. The number of benzene rings is 1. The van der Waals surface area contributed by atoms with Crippen LogP contribution in [-0.4, -0.2) is 42.5 Å². The fourth-order valence-corrected chi connectivity index (χ4v) is 4.05. The molecule has 0 bridgehead atoms. The van der Waals surface area contributed by atoms with Gasteiger partial charge in [-0.25, -0.2) is 4.98 Å². The van der Waals surface area contributed by atoms with Crippen molar-refractivity contribution in [3.63, 3.8) is 0 Å². The molecule has 4 nitrogen and oxygen atoms in total. The van der Waals surface area contributed by atoms with Gasteiger partial charge >= 0.3 is 0 Å². The predicted octanol–water partition coefficient (Wildman–Crippen LogP) is 3.93. The lowest BCUT2D eigenvalue weighted by atomic mass is 9.99. The van der Waals surface area contributed by atoms with Gasteiger partial charge in [0.05, 0.1) is 5.01 Å².